The molecule has 0 N–H and O–H groups in total. The predicted molar refractivity (Wildman–Crippen MR) is 115 cm³/mol. The Balaban J connectivity index is 1.45. The van der Waals surface area contributed by atoms with Gasteiger partial charge < -0.3 is 4.74 Å². The summed E-state index contributed by atoms with van der Waals surface area (Å²) >= 11 is 0. The van der Waals surface area contributed by atoms with Crippen LogP contribution in [-0.2, 0) is 0 Å². The molecule has 0 bridgehead atoms. The Morgan fingerprint density at radius 2 is 0.966 bits per heavy atom. The highest BCUT2D eigenvalue weighted by Crippen LogP contribution is 2.22. The van der Waals surface area contributed by atoms with Gasteiger partial charge in [-0.2, -0.15) is 0 Å². The number of carbonyl (C=O) groups excluding carboxylic acids is 1. The van der Waals surface area contributed by atoms with Crippen LogP contribution in [0.4, 0.5) is 0 Å². The molecule has 0 spiro atoms. The molecule has 0 saturated carbocycles. The summed E-state index contributed by atoms with van der Waals surface area (Å²) in [7, 11) is 0. The number of benzene rings is 4. The van der Waals surface area contributed by atoms with Crippen LogP contribution in [0.15, 0.2) is 109 Å². The maximum Gasteiger partial charge on any atom is 0.193 e. The highest BCUT2D eigenvalue weighted by molar-refractivity contribution is 6.09. The van der Waals surface area contributed by atoms with Crippen LogP contribution in [0.2, 0.25) is 0 Å². The molecule has 2 heteroatoms. The Hall–Kier alpha value is -4.09. The third kappa shape index (κ3) is 4.80. The molecule has 0 radical (unpaired) electrons. The van der Waals surface area contributed by atoms with E-state index in [-0.39, 0.29) is 5.78 Å². The summed E-state index contributed by atoms with van der Waals surface area (Å²) < 4.78 is 5.77. The molecule has 0 aliphatic rings. The number of para-hydroxylation sites is 1. The third-order valence-electron chi connectivity index (χ3n) is 4.37. The van der Waals surface area contributed by atoms with Gasteiger partial charge in [-0.3, -0.25) is 4.79 Å². The van der Waals surface area contributed by atoms with E-state index in [9.17, 15) is 4.79 Å². The van der Waals surface area contributed by atoms with Crippen molar-refractivity contribution in [1.29, 1.82) is 0 Å². The molecule has 29 heavy (non-hydrogen) atoms. The molecule has 138 valence electrons. The van der Waals surface area contributed by atoms with Gasteiger partial charge in [0.05, 0.1) is 0 Å². The predicted octanol–water partition coefficient (Wildman–Crippen LogP) is 6.11. The Morgan fingerprint density at radius 1 is 0.517 bits per heavy atom. The first-order valence-electron chi connectivity index (χ1n) is 9.33. The second kappa shape index (κ2) is 8.73. The Bertz CT molecular complexity index is 1150. The van der Waals surface area contributed by atoms with Gasteiger partial charge in [-0.1, -0.05) is 48.2 Å². The van der Waals surface area contributed by atoms with E-state index in [1.165, 1.54) is 0 Å². The first-order chi connectivity index (χ1) is 14.3. The number of rotatable bonds is 4. The largest absolute Gasteiger partial charge is 0.457 e. The van der Waals surface area contributed by atoms with Crippen molar-refractivity contribution in [2.75, 3.05) is 0 Å². The molecular formula is C27H18O2. The second-order valence-electron chi connectivity index (χ2n) is 6.46. The SMILES string of the molecule is O=C(c1ccc(C#Cc2ccccc2)cc1)c1ccc(Oc2ccccc2)cc1. The molecule has 0 saturated heterocycles. The molecule has 2 nitrogen and oxygen atoms in total. The summed E-state index contributed by atoms with van der Waals surface area (Å²) in [6.45, 7) is 0. The van der Waals surface area contributed by atoms with Crippen LogP contribution in [-0.4, -0.2) is 5.78 Å². The van der Waals surface area contributed by atoms with E-state index in [4.69, 9.17) is 4.74 Å². The topological polar surface area (TPSA) is 26.3 Å². The molecule has 0 heterocycles. The van der Waals surface area contributed by atoms with Crippen LogP contribution in [0.3, 0.4) is 0 Å². The van der Waals surface area contributed by atoms with Crippen LogP contribution in [0.25, 0.3) is 0 Å². The van der Waals surface area contributed by atoms with Gasteiger partial charge in [0.2, 0.25) is 0 Å². The zero-order valence-electron chi connectivity index (χ0n) is 15.7. The van der Waals surface area contributed by atoms with Crippen LogP contribution in [0.1, 0.15) is 27.0 Å². The molecule has 4 rings (SSSR count). The van der Waals surface area contributed by atoms with Gasteiger partial charge in [0, 0.05) is 22.3 Å². The van der Waals surface area contributed by atoms with E-state index in [1.807, 2.05) is 84.9 Å². The lowest BCUT2D eigenvalue weighted by Gasteiger charge is -2.06. The fourth-order valence-corrected chi connectivity index (χ4v) is 2.84. The Morgan fingerprint density at radius 3 is 1.55 bits per heavy atom. The molecule has 0 aliphatic heterocycles. The first kappa shape index (κ1) is 18.3. The summed E-state index contributed by atoms with van der Waals surface area (Å²) in [6.07, 6.45) is 0. The summed E-state index contributed by atoms with van der Waals surface area (Å²) in [5.41, 5.74) is 3.09. The Kier molecular flexibility index (Phi) is 5.50. The van der Waals surface area contributed by atoms with E-state index >= 15 is 0 Å². The van der Waals surface area contributed by atoms with E-state index in [0.717, 1.165) is 16.9 Å². The van der Waals surface area contributed by atoms with Crippen LogP contribution >= 0.6 is 0 Å². The molecule has 4 aromatic carbocycles. The van der Waals surface area contributed by atoms with Crippen molar-refractivity contribution >= 4 is 5.78 Å². The summed E-state index contributed by atoms with van der Waals surface area (Å²) in [6, 6.07) is 33.9. The van der Waals surface area contributed by atoms with Crippen molar-refractivity contribution < 1.29 is 9.53 Å². The van der Waals surface area contributed by atoms with E-state index in [1.54, 1.807) is 24.3 Å². The summed E-state index contributed by atoms with van der Waals surface area (Å²) in [5, 5.41) is 0. The normalized spacial score (nSPS) is 9.93. The summed E-state index contributed by atoms with van der Waals surface area (Å²) in [4.78, 5) is 12.7. The molecule has 0 aliphatic carbocycles. The lowest BCUT2D eigenvalue weighted by atomic mass is 10.0. The average Bonchev–Trinajstić information content (AvgIpc) is 2.79. The Labute approximate surface area is 170 Å². The summed E-state index contributed by atoms with van der Waals surface area (Å²) in [5.74, 6) is 7.67. The number of carbonyl (C=O) groups is 1. The lowest BCUT2D eigenvalue weighted by Crippen LogP contribution is -2.01. The number of hydrogen-bond donors (Lipinski definition) is 0. The monoisotopic (exact) mass is 374 g/mol. The highest BCUT2D eigenvalue weighted by Gasteiger charge is 2.09. The number of ketones is 1. The fraction of sp³-hybridized carbons (Fsp3) is 0. The fourth-order valence-electron chi connectivity index (χ4n) is 2.84. The van der Waals surface area contributed by atoms with Gasteiger partial charge in [-0.25, -0.2) is 0 Å². The van der Waals surface area contributed by atoms with E-state index < -0.39 is 0 Å². The van der Waals surface area contributed by atoms with Gasteiger partial charge >= 0.3 is 0 Å². The van der Waals surface area contributed by atoms with E-state index in [0.29, 0.717) is 16.9 Å². The molecule has 4 aromatic rings. The second-order valence-corrected chi connectivity index (χ2v) is 6.46. The van der Waals surface area contributed by atoms with Gasteiger partial charge in [0.25, 0.3) is 0 Å². The van der Waals surface area contributed by atoms with Crippen LogP contribution in [0, 0.1) is 11.8 Å². The smallest absolute Gasteiger partial charge is 0.193 e. The van der Waals surface area contributed by atoms with Crippen molar-refractivity contribution in [2.45, 2.75) is 0 Å². The molecule has 0 aromatic heterocycles. The minimum Gasteiger partial charge on any atom is -0.457 e. The maximum absolute atomic E-state index is 12.7. The van der Waals surface area contributed by atoms with Crippen molar-refractivity contribution in [3.8, 4) is 23.3 Å². The van der Waals surface area contributed by atoms with Crippen molar-refractivity contribution in [3.05, 3.63) is 131 Å². The van der Waals surface area contributed by atoms with E-state index in [2.05, 4.69) is 11.8 Å². The maximum atomic E-state index is 12.7. The van der Waals surface area contributed by atoms with Gasteiger partial charge in [-0.15, -0.1) is 0 Å². The lowest BCUT2D eigenvalue weighted by molar-refractivity contribution is 0.103. The number of ether oxygens (including phenoxy) is 1. The van der Waals surface area contributed by atoms with Gasteiger partial charge in [0.15, 0.2) is 5.78 Å². The minimum atomic E-state index is -0.0289. The quantitative estimate of drug-likeness (QED) is 0.318. The van der Waals surface area contributed by atoms with Gasteiger partial charge in [-0.05, 0) is 72.8 Å². The van der Waals surface area contributed by atoms with Crippen molar-refractivity contribution in [1.82, 2.24) is 0 Å². The zero-order chi connectivity index (χ0) is 19.9. The molecule has 0 unspecified atom stereocenters. The van der Waals surface area contributed by atoms with Crippen molar-refractivity contribution in [2.24, 2.45) is 0 Å². The molecular weight excluding hydrogens is 356 g/mol. The first-order valence-corrected chi connectivity index (χ1v) is 9.33. The molecule has 0 fully saturated rings. The highest BCUT2D eigenvalue weighted by atomic mass is 16.5. The standard InChI is InChI=1S/C27H18O2/c28-27(24-17-19-26(20-18-24)29-25-9-5-2-6-10-25)23-15-13-22(14-16-23)12-11-21-7-3-1-4-8-21/h1-10,13-20H. The third-order valence-corrected chi connectivity index (χ3v) is 4.37. The zero-order valence-corrected chi connectivity index (χ0v) is 15.7. The van der Waals surface area contributed by atoms with Crippen LogP contribution < -0.4 is 4.74 Å². The van der Waals surface area contributed by atoms with Crippen LogP contribution in [0.5, 0.6) is 11.5 Å². The minimum absolute atomic E-state index is 0.0289. The molecule has 0 amide bonds. The molecule has 0 atom stereocenters. The van der Waals surface area contributed by atoms with Gasteiger partial charge in [0.1, 0.15) is 11.5 Å². The van der Waals surface area contributed by atoms with Crippen molar-refractivity contribution in [3.63, 3.8) is 0 Å². The number of hydrogen-bond acceptors (Lipinski definition) is 2. The average molecular weight is 374 g/mol.